The molecular formula is C14H16O2. The first-order chi connectivity index (χ1) is 7.56. The lowest BCUT2D eigenvalue weighted by Crippen LogP contribution is -2.49. The first-order valence-corrected chi connectivity index (χ1v) is 5.87. The lowest BCUT2D eigenvalue weighted by Gasteiger charge is -2.45. The third kappa shape index (κ3) is 1.22. The maximum Gasteiger partial charge on any atom is 0.314 e. The zero-order valence-electron chi connectivity index (χ0n) is 9.49. The van der Waals surface area contributed by atoms with Crippen molar-refractivity contribution in [3.8, 4) is 0 Å². The molecule has 0 saturated heterocycles. The van der Waals surface area contributed by atoms with E-state index in [1.165, 1.54) is 12.8 Å². The van der Waals surface area contributed by atoms with Gasteiger partial charge in [-0.25, -0.2) is 0 Å². The van der Waals surface area contributed by atoms with Crippen LogP contribution >= 0.6 is 0 Å². The fourth-order valence-corrected chi connectivity index (χ4v) is 3.18. The first kappa shape index (κ1) is 9.88. The van der Waals surface area contributed by atoms with Crippen molar-refractivity contribution >= 4 is 5.97 Å². The van der Waals surface area contributed by atoms with E-state index in [9.17, 15) is 9.90 Å². The molecule has 2 aliphatic carbocycles. The monoisotopic (exact) mass is 216 g/mol. The highest BCUT2D eigenvalue weighted by molar-refractivity contribution is 5.83. The summed E-state index contributed by atoms with van der Waals surface area (Å²) in [6.07, 6.45) is 4.15. The summed E-state index contributed by atoms with van der Waals surface area (Å²) in [5.74, 6) is -0.643. The highest BCUT2D eigenvalue weighted by atomic mass is 16.4. The van der Waals surface area contributed by atoms with Crippen LogP contribution in [-0.2, 0) is 10.2 Å². The topological polar surface area (TPSA) is 37.3 Å². The Morgan fingerprint density at radius 3 is 2.50 bits per heavy atom. The average molecular weight is 216 g/mol. The van der Waals surface area contributed by atoms with E-state index in [1.54, 1.807) is 0 Å². The first-order valence-electron chi connectivity index (χ1n) is 5.87. The minimum atomic E-state index is -0.643. The minimum absolute atomic E-state index is 0.405. The van der Waals surface area contributed by atoms with E-state index in [0.717, 1.165) is 24.0 Å². The summed E-state index contributed by atoms with van der Waals surface area (Å²) in [6, 6.07) is 7.98. The van der Waals surface area contributed by atoms with Crippen molar-refractivity contribution in [1.29, 1.82) is 0 Å². The number of carbonyl (C=O) groups is 1. The molecule has 2 saturated carbocycles. The third-order valence-electron chi connectivity index (χ3n) is 4.29. The van der Waals surface area contributed by atoms with Gasteiger partial charge in [-0.15, -0.1) is 0 Å². The van der Waals surface area contributed by atoms with Crippen molar-refractivity contribution in [1.82, 2.24) is 0 Å². The van der Waals surface area contributed by atoms with E-state index in [0.29, 0.717) is 5.41 Å². The van der Waals surface area contributed by atoms with Crippen molar-refractivity contribution in [2.45, 2.75) is 38.0 Å². The lowest BCUT2D eigenvalue weighted by atomic mass is 9.56. The van der Waals surface area contributed by atoms with Crippen LogP contribution in [0.1, 0.15) is 36.8 Å². The summed E-state index contributed by atoms with van der Waals surface area (Å²) in [6.45, 7) is 2.02. The molecule has 16 heavy (non-hydrogen) atoms. The molecule has 2 fully saturated rings. The van der Waals surface area contributed by atoms with Crippen molar-refractivity contribution in [3.63, 3.8) is 0 Å². The number of hydrogen-bond donors (Lipinski definition) is 1. The van der Waals surface area contributed by atoms with Crippen LogP contribution in [0.3, 0.4) is 0 Å². The van der Waals surface area contributed by atoms with Crippen LogP contribution in [-0.4, -0.2) is 11.1 Å². The number of hydrogen-bond acceptors (Lipinski definition) is 1. The quantitative estimate of drug-likeness (QED) is 0.825. The second-order valence-electron chi connectivity index (χ2n) is 5.61. The number of benzene rings is 1. The highest BCUT2D eigenvalue weighted by Gasteiger charge is 2.64. The van der Waals surface area contributed by atoms with Crippen LogP contribution in [0, 0.1) is 12.3 Å². The zero-order valence-corrected chi connectivity index (χ0v) is 9.49. The van der Waals surface area contributed by atoms with Gasteiger partial charge in [-0.1, -0.05) is 29.8 Å². The molecule has 0 radical (unpaired) electrons. The Labute approximate surface area is 95.3 Å². The van der Waals surface area contributed by atoms with Crippen molar-refractivity contribution in [2.24, 2.45) is 5.41 Å². The summed E-state index contributed by atoms with van der Waals surface area (Å²) >= 11 is 0. The van der Waals surface area contributed by atoms with Crippen LogP contribution in [0.5, 0.6) is 0 Å². The highest BCUT2D eigenvalue weighted by Crippen LogP contribution is 2.69. The molecule has 0 bridgehead atoms. The summed E-state index contributed by atoms with van der Waals surface area (Å²) in [4.78, 5) is 11.5. The molecule has 0 unspecified atom stereocenters. The largest absolute Gasteiger partial charge is 0.481 e. The second kappa shape index (κ2) is 2.88. The van der Waals surface area contributed by atoms with E-state index < -0.39 is 11.4 Å². The number of rotatable bonds is 2. The van der Waals surface area contributed by atoms with Gasteiger partial charge in [0.05, 0.1) is 5.41 Å². The predicted octanol–water partition coefficient (Wildman–Crippen LogP) is 2.89. The van der Waals surface area contributed by atoms with Crippen LogP contribution < -0.4 is 0 Å². The van der Waals surface area contributed by atoms with E-state index in [4.69, 9.17) is 0 Å². The minimum Gasteiger partial charge on any atom is -0.481 e. The number of carboxylic acid groups (broad SMARTS) is 1. The fourth-order valence-electron chi connectivity index (χ4n) is 3.18. The Morgan fingerprint density at radius 1 is 1.31 bits per heavy atom. The average Bonchev–Trinajstić information content (AvgIpc) is 2.93. The number of aryl methyl sites for hydroxylation is 1. The predicted molar refractivity (Wildman–Crippen MR) is 61.4 cm³/mol. The molecule has 2 nitrogen and oxygen atoms in total. The normalized spacial score (nSPS) is 23.8. The van der Waals surface area contributed by atoms with Gasteiger partial charge in [-0.3, -0.25) is 4.79 Å². The summed E-state index contributed by atoms with van der Waals surface area (Å²) in [5, 5.41) is 9.49. The van der Waals surface area contributed by atoms with Gasteiger partial charge in [0.15, 0.2) is 0 Å². The fraction of sp³-hybridized carbons (Fsp3) is 0.500. The lowest BCUT2D eigenvalue weighted by molar-refractivity contribution is -0.150. The molecule has 1 aromatic rings. The molecule has 84 valence electrons. The van der Waals surface area contributed by atoms with E-state index in [1.807, 2.05) is 31.2 Å². The van der Waals surface area contributed by atoms with Crippen LogP contribution in [0.15, 0.2) is 24.3 Å². The third-order valence-corrected chi connectivity index (χ3v) is 4.29. The van der Waals surface area contributed by atoms with Gasteiger partial charge in [0, 0.05) is 0 Å². The molecule has 3 rings (SSSR count). The molecule has 0 aliphatic heterocycles. The van der Waals surface area contributed by atoms with Crippen LogP contribution in [0.2, 0.25) is 0 Å². The maximum atomic E-state index is 11.5. The second-order valence-corrected chi connectivity index (χ2v) is 5.61. The van der Waals surface area contributed by atoms with E-state index >= 15 is 0 Å². The van der Waals surface area contributed by atoms with Crippen molar-refractivity contribution in [3.05, 3.63) is 35.4 Å². The molecule has 1 spiro atoms. The SMILES string of the molecule is Cc1cccc(C2(C(=O)O)CC3(CC3)C2)c1. The summed E-state index contributed by atoms with van der Waals surface area (Å²) in [5.41, 5.74) is 1.97. The van der Waals surface area contributed by atoms with Gasteiger partial charge in [0.25, 0.3) is 0 Å². The standard InChI is InChI=1S/C14H16O2/c1-10-3-2-4-11(7-10)14(12(15)16)8-13(9-14)5-6-13/h2-4,7H,5-6,8-9H2,1H3,(H,15,16). The van der Waals surface area contributed by atoms with E-state index in [2.05, 4.69) is 0 Å². The Hall–Kier alpha value is -1.31. The van der Waals surface area contributed by atoms with Gasteiger partial charge >= 0.3 is 5.97 Å². The van der Waals surface area contributed by atoms with Gasteiger partial charge in [-0.05, 0) is 43.6 Å². The molecule has 1 aromatic carbocycles. The van der Waals surface area contributed by atoms with Crippen LogP contribution in [0.4, 0.5) is 0 Å². The Kier molecular flexibility index (Phi) is 1.78. The number of carboxylic acids is 1. The van der Waals surface area contributed by atoms with Crippen LogP contribution in [0.25, 0.3) is 0 Å². The van der Waals surface area contributed by atoms with Gasteiger partial charge < -0.3 is 5.11 Å². The molecule has 2 heteroatoms. The van der Waals surface area contributed by atoms with Crippen molar-refractivity contribution in [2.75, 3.05) is 0 Å². The smallest absolute Gasteiger partial charge is 0.314 e. The van der Waals surface area contributed by atoms with Gasteiger partial charge in [0.2, 0.25) is 0 Å². The molecule has 0 amide bonds. The zero-order chi connectivity index (χ0) is 11.4. The van der Waals surface area contributed by atoms with Crippen molar-refractivity contribution < 1.29 is 9.90 Å². The maximum absolute atomic E-state index is 11.5. The number of aliphatic carboxylic acids is 1. The van der Waals surface area contributed by atoms with Gasteiger partial charge in [0.1, 0.15) is 0 Å². The van der Waals surface area contributed by atoms with Gasteiger partial charge in [-0.2, -0.15) is 0 Å². The molecular weight excluding hydrogens is 200 g/mol. The Bertz CT molecular complexity index is 450. The molecule has 2 aliphatic rings. The molecule has 1 N–H and O–H groups in total. The Morgan fingerprint density at radius 2 is 2.00 bits per heavy atom. The molecule has 0 atom stereocenters. The molecule has 0 aromatic heterocycles. The summed E-state index contributed by atoms with van der Waals surface area (Å²) in [7, 11) is 0. The summed E-state index contributed by atoms with van der Waals surface area (Å²) < 4.78 is 0. The Balaban J connectivity index is 1.98. The van der Waals surface area contributed by atoms with E-state index in [-0.39, 0.29) is 0 Å². The molecule has 0 heterocycles.